The van der Waals surface area contributed by atoms with E-state index in [-0.39, 0.29) is 31.1 Å². The van der Waals surface area contributed by atoms with E-state index in [1.807, 2.05) is 13.8 Å². The van der Waals surface area contributed by atoms with Crippen molar-refractivity contribution in [2.75, 3.05) is 13.2 Å². The number of carboxylic acids is 1. The molecule has 0 radical (unpaired) electrons. The molecule has 1 aliphatic heterocycles. The predicted octanol–water partition coefficient (Wildman–Crippen LogP) is -0.654. The molecule has 0 aliphatic carbocycles. The summed E-state index contributed by atoms with van der Waals surface area (Å²) in [5.74, 6) is -2.90. The number of hydrogen-bond acceptors (Lipinski definition) is 7. The molecule has 4 unspecified atom stereocenters. The maximum absolute atomic E-state index is 13.3. The molecule has 188 valence electrons. The summed E-state index contributed by atoms with van der Waals surface area (Å²) in [5.41, 5.74) is 6.20. The first-order valence-corrected chi connectivity index (χ1v) is 11.3. The van der Waals surface area contributed by atoms with E-state index in [1.54, 1.807) is 12.1 Å². The fourth-order valence-electron chi connectivity index (χ4n) is 3.89. The van der Waals surface area contributed by atoms with E-state index in [2.05, 4.69) is 10.6 Å². The van der Waals surface area contributed by atoms with Gasteiger partial charge in [0.1, 0.15) is 29.9 Å². The van der Waals surface area contributed by atoms with E-state index in [0.717, 1.165) is 0 Å². The van der Waals surface area contributed by atoms with Gasteiger partial charge in [0.15, 0.2) is 0 Å². The van der Waals surface area contributed by atoms with Gasteiger partial charge in [0.25, 0.3) is 0 Å². The molecular formula is C23H34N4O7. The minimum atomic E-state index is -1.20. The number of aromatic hydroxyl groups is 1. The van der Waals surface area contributed by atoms with E-state index in [1.165, 1.54) is 17.0 Å². The number of benzene rings is 1. The second-order valence-corrected chi connectivity index (χ2v) is 8.94. The molecule has 1 aromatic rings. The molecule has 11 heteroatoms. The SMILES string of the molecule is CC(C)CC(NC(=O)C(N)CO)C(=O)NC(Cc1ccc(O)cc1)C(=O)N1CCCC1C(=O)O. The standard InChI is InChI=1S/C23H34N4O7/c1-13(2)10-17(25-20(30)16(24)12-28)21(31)26-18(11-14-5-7-15(29)8-6-14)22(32)27-9-3-4-19(27)23(33)34/h5-8,13,16-19,28-29H,3-4,9-12,24H2,1-2H3,(H,25,30)(H,26,31)(H,33,34). The van der Waals surface area contributed by atoms with Crippen LogP contribution in [0.1, 0.15) is 38.7 Å². The first kappa shape index (κ1) is 27.1. The highest BCUT2D eigenvalue weighted by Crippen LogP contribution is 2.20. The number of carbonyl (C=O) groups is 4. The lowest BCUT2D eigenvalue weighted by atomic mass is 10.00. The number of hydrogen-bond donors (Lipinski definition) is 6. The topological polar surface area (TPSA) is 182 Å². The maximum atomic E-state index is 13.3. The lowest BCUT2D eigenvalue weighted by Crippen LogP contribution is -2.58. The Bertz CT molecular complexity index is 875. The summed E-state index contributed by atoms with van der Waals surface area (Å²) < 4.78 is 0. The van der Waals surface area contributed by atoms with E-state index in [9.17, 15) is 29.4 Å². The summed E-state index contributed by atoms with van der Waals surface area (Å²) in [5, 5.41) is 33.4. The van der Waals surface area contributed by atoms with Crippen LogP contribution in [0.25, 0.3) is 0 Å². The van der Waals surface area contributed by atoms with Crippen LogP contribution in [0.4, 0.5) is 0 Å². The molecule has 0 aromatic heterocycles. The number of nitrogens with zero attached hydrogens (tertiary/aromatic N) is 1. The van der Waals surface area contributed by atoms with Gasteiger partial charge in [-0.15, -0.1) is 0 Å². The number of phenols is 1. The van der Waals surface area contributed by atoms with Crippen molar-refractivity contribution in [1.82, 2.24) is 15.5 Å². The molecule has 0 spiro atoms. The fraction of sp³-hybridized carbons (Fsp3) is 0.565. The van der Waals surface area contributed by atoms with Crippen LogP contribution < -0.4 is 16.4 Å². The summed E-state index contributed by atoms with van der Waals surface area (Å²) in [4.78, 5) is 51.6. The van der Waals surface area contributed by atoms with Gasteiger partial charge in [-0.05, 0) is 42.9 Å². The Hall–Kier alpha value is -3.18. The smallest absolute Gasteiger partial charge is 0.326 e. The van der Waals surface area contributed by atoms with E-state index in [4.69, 9.17) is 10.8 Å². The van der Waals surface area contributed by atoms with Crippen molar-refractivity contribution in [3.05, 3.63) is 29.8 Å². The fourth-order valence-corrected chi connectivity index (χ4v) is 3.89. The Kier molecular flexibility index (Phi) is 9.82. The van der Waals surface area contributed by atoms with Crippen LogP contribution >= 0.6 is 0 Å². The average molecular weight is 479 g/mol. The van der Waals surface area contributed by atoms with Gasteiger partial charge in [0, 0.05) is 13.0 Å². The van der Waals surface area contributed by atoms with E-state index >= 15 is 0 Å². The number of aliphatic hydroxyl groups excluding tert-OH is 1. The third-order valence-corrected chi connectivity index (χ3v) is 5.69. The number of aliphatic carboxylic acids is 1. The molecule has 0 bridgehead atoms. The molecule has 11 nitrogen and oxygen atoms in total. The maximum Gasteiger partial charge on any atom is 0.326 e. The highest BCUT2D eigenvalue weighted by Gasteiger charge is 2.38. The van der Waals surface area contributed by atoms with Crippen molar-refractivity contribution in [1.29, 1.82) is 0 Å². The Morgan fingerprint density at radius 2 is 1.71 bits per heavy atom. The van der Waals surface area contributed by atoms with E-state index in [0.29, 0.717) is 18.4 Å². The minimum absolute atomic E-state index is 0.0163. The molecule has 3 amide bonds. The number of phenolic OH excluding ortho intramolecular Hbond substituents is 1. The molecule has 1 aliphatic rings. The number of nitrogens with one attached hydrogen (secondary N) is 2. The number of carbonyl (C=O) groups excluding carboxylic acids is 3. The Morgan fingerprint density at radius 1 is 1.09 bits per heavy atom. The van der Waals surface area contributed by atoms with Crippen LogP contribution in [0, 0.1) is 5.92 Å². The second kappa shape index (κ2) is 12.3. The van der Waals surface area contributed by atoms with Crippen LogP contribution in [0.5, 0.6) is 5.75 Å². The Labute approximate surface area is 198 Å². The zero-order valence-electron chi connectivity index (χ0n) is 19.4. The molecule has 34 heavy (non-hydrogen) atoms. The third kappa shape index (κ3) is 7.42. The van der Waals surface area contributed by atoms with Crippen molar-refractivity contribution < 1.29 is 34.5 Å². The number of aliphatic hydroxyl groups is 1. The van der Waals surface area contributed by atoms with Crippen LogP contribution in [0.2, 0.25) is 0 Å². The predicted molar refractivity (Wildman–Crippen MR) is 123 cm³/mol. The molecule has 1 heterocycles. The zero-order valence-corrected chi connectivity index (χ0v) is 19.4. The molecule has 1 fully saturated rings. The number of rotatable bonds is 11. The van der Waals surface area contributed by atoms with Gasteiger partial charge in [-0.25, -0.2) is 4.79 Å². The molecule has 7 N–H and O–H groups in total. The van der Waals surface area contributed by atoms with Gasteiger partial charge in [-0.2, -0.15) is 0 Å². The first-order chi connectivity index (χ1) is 16.0. The Morgan fingerprint density at radius 3 is 2.26 bits per heavy atom. The number of amides is 3. The number of carboxylic acid groups (broad SMARTS) is 1. The largest absolute Gasteiger partial charge is 0.508 e. The first-order valence-electron chi connectivity index (χ1n) is 11.3. The number of nitrogens with two attached hydrogens (primary N) is 1. The Balaban J connectivity index is 2.27. The molecule has 1 aromatic carbocycles. The zero-order chi connectivity index (χ0) is 25.4. The average Bonchev–Trinajstić information content (AvgIpc) is 3.28. The van der Waals surface area contributed by atoms with Crippen molar-refractivity contribution in [3.8, 4) is 5.75 Å². The van der Waals surface area contributed by atoms with E-state index < -0.39 is 54.5 Å². The molecule has 0 saturated carbocycles. The van der Waals surface area contributed by atoms with Crippen molar-refractivity contribution in [2.24, 2.45) is 11.7 Å². The monoisotopic (exact) mass is 478 g/mol. The lowest BCUT2D eigenvalue weighted by molar-refractivity contribution is -0.149. The lowest BCUT2D eigenvalue weighted by Gasteiger charge is -2.29. The van der Waals surface area contributed by atoms with Gasteiger partial charge in [0.05, 0.1) is 6.61 Å². The third-order valence-electron chi connectivity index (χ3n) is 5.69. The summed E-state index contributed by atoms with van der Waals surface area (Å²) in [6, 6.07) is 1.85. The summed E-state index contributed by atoms with van der Waals surface area (Å²) >= 11 is 0. The van der Waals surface area contributed by atoms with Crippen molar-refractivity contribution in [3.63, 3.8) is 0 Å². The van der Waals surface area contributed by atoms with Crippen molar-refractivity contribution in [2.45, 2.75) is 63.7 Å². The van der Waals surface area contributed by atoms with Gasteiger partial charge in [-0.3, -0.25) is 14.4 Å². The quantitative estimate of drug-likeness (QED) is 0.242. The summed E-state index contributed by atoms with van der Waals surface area (Å²) in [6.07, 6.45) is 1.18. The van der Waals surface area contributed by atoms with Gasteiger partial charge in [-0.1, -0.05) is 26.0 Å². The minimum Gasteiger partial charge on any atom is -0.508 e. The van der Waals surface area contributed by atoms with Crippen molar-refractivity contribution >= 4 is 23.7 Å². The molecule has 2 rings (SSSR count). The second-order valence-electron chi connectivity index (χ2n) is 8.94. The van der Waals surface area contributed by atoms with Crippen LogP contribution in [-0.4, -0.2) is 81.2 Å². The highest BCUT2D eigenvalue weighted by molar-refractivity contribution is 5.94. The number of likely N-dealkylation sites (tertiary alicyclic amines) is 1. The van der Waals surface area contributed by atoms with Gasteiger partial charge < -0.3 is 36.6 Å². The van der Waals surface area contributed by atoms with Gasteiger partial charge in [0.2, 0.25) is 17.7 Å². The van der Waals surface area contributed by atoms with Crippen LogP contribution in [-0.2, 0) is 25.6 Å². The molecule has 4 atom stereocenters. The van der Waals surface area contributed by atoms with Crippen LogP contribution in [0.15, 0.2) is 24.3 Å². The molecule has 1 saturated heterocycles. The van der Waals surface area contributed by atoms with Gasteiger partial charge >= 0.3 is 5.97 Å². The van der Waals surface area contributed by atoms with Crippen LogP contribution in [0.3, 0.4) is 0 Å². The highest BCUT2D eigenvalue weighted by atomic mass is 16.4. The normalized spacial score (nSPS) is 18.3. The summed E-state index contributed by atoms with van der Waals surface area (Å²) in [6.45, 7) is 3.39. The summed E-state index contributed by atoms with van der Waals surface area (Å²) in [7, 11) is 0. The molecular weight excluding hydrogens is 444 g/mol.